The van der Waals surface area contributed by atoms with E-state index < -0.39 is 5.97 Å². The van der Waals surface area contributed by atoms with Gasteiger partial charge in [-0.05, 0) is 36.8 Å². The van der Waals surface area contributed by atoms with Gasteiger partial charge in [-0.2, -0.15) is 0 Å². The molecule has 1 aliphatic heterocycles. The number of aliphatic carboxylic acids is 1. The minimum absolute atomic E-state index is 0.0359. The minimum Gasteiger partial charge on any atom is -0.480 e. The van der Waals surface area contributed by atoms with Gasteiger partial charge in [-0.25, -0.2) is 0 Å². The zero-order chi connectivity index (χ0) is 16.4. The number of hydrogen-bond acceptors (Lipinski definition) is 4. The van der Waals surface area contributed by atoms with E-state index in [4.69, 9.17) is 5.11 Å². The number of hydrogen-bond donors (Lipinski definition) is 1. The third-order valence-electron chi connectivity index (χ3n) is 5.05. The summed E-state index contributed by atoms with van der Waals surface area (Å²) in [5.41, 5.74) is 0.888. The number of rotatable bonds is 5. The fourth-order valence-electron chi connectivity index (χ4n) is 4.11. The maximum atomic E-state index is 12.9. The van der Waals surface area contributed by atoms with Crippen molar-refractivity contribution in [3.63, 3.8) is 0 Å². The zero-order valence-corrected chi connectivity index (χ0v) is 13.4. The van der Waals surface area contributed by atoms with E-state index in [1.807, 2.05) is 30.1 Å². The molecule has 1 N–H and O–H groups in total. The largest absolute Gasteiger partial charge is 0.480 e. The second kappa shape index (κ2) is 6.66. The molecule has 0 unspecified atom stereocenters. The van der Waals surface area contributed by atoms with Crippen molar-refractivity contribution in [2.75, 3.05) is 26.7 Å². The molecule has 0 aromatic carbocycles. The summed E-state index contributed by atoms with van der Waals surface area (Å²) in [7, 11) is 1.83. The molecule has 6 heteroatoms. The Morgan fingerprint density at radius 1 is 1.30 bits per heavy atom. The van der Waals surface area contributed by atoms with Crippen LogP contribution in [0.15, 0.2) is 24.4 Å². The van der Waals surface area contributed by atoms with Crippen LogP contribution in [0.5, 0.6) is 0 Å². The quantitative estimate of drug-likeness (QED) is 0.880. The Morgan fingerprint density at radius 3 is 2.57 bits per heavy atom. The second-order valence-electron chi connectivity index (χ2n) is 6.73. The number of pyridine rings is 1. The van der Waals surface area contributed by atoms with Crippen LogP contribution in [-0.2, 0) is 16.1 Å². The molecule has 0 radical (unpaired) electrons. The molecule has 23 heavy (non-hydrogen) atoms. The highest BCUT2D eigenvalue weighted by Gasteiger charge is 2.46. The predicted molar refractivity (Wildman–Crippen MR) is 84.5 cm³/mol. The van der Waals surface area contributed by atoms with Crippen molar-refractivity contribution in [3.8, 4) is 0 Å². The Morgan fingerprint density at radius 2 is 2.00 bits per heavy atom. The van der Waals surface area contributed by atoms with Gasteiger partial charge >= 0.3 is 5.97 Å². The van der Waals surface area contributed by atoms with Crippen molar-refractivity contribution < 1.29 is 14.7 Å². The lowest BCUT2D eigenvalue weighted by atomic mass is 9.84. The van der Waals surface area contributed by atoms with Crippen LogP contribution >= 0.6 is 0 Å². The lowest BCUT2D eigenvalue weighted by Gasteiger charge is -2.38. The van der Waals surface area contributed by atoms with E-state index in [1.165, 1.54) is 0 Å². The van der Waals surface area contributed by atoms with Gasteiger partial charge in [-0.15, -0.1) is 0 Å². The molecule has 3 rings (SSSR count). The molecule has 1 saturated carbocycles. The molecule has 6 nitrogen and oxygen atoms in total. The molecule has 1 aromatic rings. The van der Waals surface area contributed by atoms with Crippen LogP contribution in [0.1, 0.15) is 18.5 Å². The Hall–Kier alpha value is -1.95. The van der Waals surface area contributed by atoms with E-state index in [-0.39, 0.29) is 30.2 Å². The minimum atomic E-state index is -0.790. The van der Waals surface area contributed by atoms with Gasteiger partial charge in [0.1, 0.15) is 0 Å². The number of carboxylic acid groups (broad SMARTS) is 1. The molecule has 2 aliphatic rings. The SMILES string of the molecule is CN(Cc1ccccn1)C(=O)C1[C@H]2CC[C@H]1CN(CC(=O)O)C2. The van der Waals surface area contributed by atoms with E-state index >= 15 is 0 Å². The first kappa shape index (κ1) is 15.9. The summed E-state index contributed by atoms with van der Waals surface area (Å²) in [4.78, 5) is 31.8. The molecule has 1 aromatic heterocycles. The summed E-state index contributed by atoms with van der Waals surface area (Å²) >= 11 is 0. The number of carbonyl (C=O) groups is 2. The number of aromatic nitrogens is 1. The van der Waals surface area contributed by atoms with Crippen molar-refractivity contribution in [1.29, 1.82) is 0 Å². The number of piperidine rings is 1. The van der Waals surface area contributed by atoms with Crippen molar-refractivity contribution in [2.45, 2.75) is 19.4 Å². The standard InChI is InChI=1S/C17H23N3O3/c1-19(10-14-4-2-3-7-18-14)17(23)16-12-5-6-13(16)9-20(8-12)11-15(21)22/h2-4,7,12-13,16H,5-6,8-11H2,1H3,(H,21,22)/t12-,13-/m0/s1. The summed E-state index contributed by atoms with van der Waals surface area (Å²) in [5.74, 6) is -0.00750. The average molecular weight is 317 g/mol. The Bertz CT molecular complexity index is 564. The molecule has 124 valence electrons. The Labute approximate surface area is 136 Å². The van der Waals surface area contributed by atoms with Crippen molar-refractivity contribution >= 4 is 11.9 Å². The Kier molecular flexibility index (Phi) is 4.61. The number of amides is 1. The molecule has 1 amide bonds. The van der Waals surface area contributed by atoms with E-state index in [0.29, 0.717) is 6.54 Å². The number of nitrogens with zero attached hydrogens (tertiary/aromatic N) is 3. The molecule has 2 heterocycles. The fourth-order valence-corrected chi connectivity index (χ4v) is 4.11. The van der Waals surface area contributed by atoms with Gasteiger partial charge in [0.2, 0.25) is 5.91 Å². The molecule has 2 bridgehead atoms. The van der Waals surface area contributed by atoms with Gasteiger partial charge < -0.3 is 10.0 Å². The van der Waals surface area contributed by atoms with E-state index in [1.54, 1.807) is 11.1 Å². The zero-order valence-electron chi connectivity index (χ0n) is 13.4. The second-order valence-corrected chi connectivity index (χ2v) is 6.73. The maximum Gasteiger partial charge on any atom is 0.317 e. The van der Waals surface area contributed by atoms with Crippen LogP contribution in [0.4, 0.5) is 0 Å². The van der Waals surface area contributed by atoms with Gasteiger partial charge in [-0.1, -0.05) is 6.07 Å². The topological polar surface area (TPSA) is 73.7 Å². The monoisotopic (exact) mass is 317 g/mol. The van der Waals surface area contributed by atoms with Crippen LogP contribution in [0.3, 0.4) is 0 Å². The van der Waals surface area contributed by atoms with Crippen molar-refractivity contribution in [3.05, 3.63) is 30.1 Å². The average Bonchev–Trinajstić information content (AvgIpc) is 2.78. The lowest BCUT2D eigenvalue weighted by Crippen LogP contribution is -2.49. The number of fused-ring (bicyclic) bond motifs is 2. The van der Waals surface area contributed by atoms with Crippen LogP contribution < -0.4 is 0 Å². The molecular formula is C17H23N3O3. The number of carboxylic acids is 1. The normalized spacial score (nSPS) is 26.9. The summed E-state index contributed by atoms with van der Waals surface area (Å²) in [6.45, 7) is 2.04. The van der Waals surface area contributed by atoms with E-state index in [0.717, 1.165) is 31.6 Å². The molecular weight excluding hydrogens is 294 g/mol. The Balaban J connectivity index is 1.63. The van der Waals surface area contributed by atoms with Gasteiger partial charge in [-0.3, -0.25) is 19.5 Å². The lowest BCUT2D eigenvalue weighted by molar-refractivity contribution is -0.141. The smallest absolute Gasteiger partial charge is 0.317 e. The first-order valence-corrected chi connectivity index (χ1v) is 8.13. The highest BCUT2D eigenvalue weighted by Crippen LogP contribution is 2.42. The van der Waals surface area contributed by atoms with E-state index in [9.17, 15) is 9.59 Å². The third-order valence-corrected chi connectivity index (χ3v) is 5.05. The molecule has 2 atom stereocenters. The van der Waals surface area contributed by atoms with Crippen molar-refractivity contribution in [1.82, 2.24) is 14.8 Å². The van der Waals surface area contributed by atoms with Gasteiger partial charge in [0.15, 0.2) is 0 Å². The number of likely N-dealkylation sites (tertiary alicyclic amines) is 1. The first-order valence-electron chi connectivity index (χ1n) is 8.13. The molecule has 1 aliphatic carbocycles. The van der Waals surface area contributed by atoms with Crippen LogP contribution in [0.25, 0.3) is 0 Å². The van der Waals surface area contributed by atoms with E-state index in [2.05, 4.69) is 4.98 Å². The highest BCUT2D eigenvalue weighted by molar-refractivity contribution is 5.80. The summed E-state index contributed by atoms with van der Waals surface area (Å²) < 4.78 is 0. The summed E-state index contributed by atoms with van der Waals surface area (Å²) in [6, 6.07) is 5.71. The van der Waals surface area contributed by atoms with Crippen LogP contribution in [0.2, 0.25) is 0 Å². The molecule has 0 spiro atoms. The van der Waals surface area contributed by atoms with Crippen LogP contribution in [0, 0.1) is 17.8 Å². The van der Waals surface area contributed by atoms with Gasteiger partial charge in [0.05, 0.1) is 18.8 Å². The molecule has 2 fully saturated rings. The summed E-state index contributed by atoms with van der Waals surface area (Å²) in [6.07, 6.45) is 3.78. The molecule has 1 saturated heterocycles. The predicted octanol–water partition coefficient (Wildman–Crippen LogP) is 1.08. The van der Waals surface area contributed by atoms with Gasteiger partial charge in [0, 0.05) is 32.3 Å². The first-order chi connectivity index (χ1) is 11.0. The highest BCUT2D eigenvalue weighted by atomic mass is 16.4. The third kappa shape index (κ3) is 3.52. The summed E-state index contributed by atoms with van der Waals surface area (Å²) in [5, 5.41) is 8.96. The van der Waals surface area contributed by atoms with Crippen LogP contribution in [-0.4, -0.2) is 58.4 Å². The number of carbonyl (C=O) groups excluding carboxylic acids is 1. The van der Waals surface area contributed by atoms with Gasteiger partial charge in [0.25, 0.3) is 0 Å². The maximum absolute atomic E-state index is 12.9. The fraction of sp³-hybridized carbons (Fsp3) is 0.588. The van der Waals surface area contributed by atoms with Crippen molar-refractivity contribution in [2.24, 2.45) is 17.8 Å².